The molecule has 0 atom stereocenters. The number of nitrogens with zero attached hydrogens (tertiary/aromatic N) is 2. The van der Waals surface area contributed by atoms with Crippen LogP contribution in [-0.4, -0.2) is 21.7 Å². The lowest BCUT2D eigenvalue weighted by Gasteiger charge is -2.12. The molecule has 112 valence electrons. The molecule has 0 saturated heterocycles. The Morgan fingerprint density at radius 3 is 2.67 bits per heavy atom. The Kier molecular flexibility index (Phi) is 4.62. The number of hydrogen-bond acceptors (Lipinski definition) is 3. The molecule has 0 saturated carbocycles. The number of hydrogen-bond donors (Lipinski definition) is 2. The standard InChI is InChI=1S/C16H22N4O/c1-11(2)19-16(21)15-6-5-13(9-12(15)3)17-10-14-7-8-18-20(14)4/h5-9,11,17H,10H2,1-4H3,(H,19,21). The van der Waals surface area contributed by atoms with Crippen molar-refractivity contribution in [1.82, 2.24) is 15.1 Å². The van der Waals surface area contributed by atoms with Crippen molar-refractivity contribution in [3.8, 4) is 0 Å². The molecule has 1 aromatic carbocycles. The Bertz CT molecular complexity index is 631. The van der Waals surface area contributed by atoms with E-state index in [0.717, 1.165) is 22.5 Å². The highest BCUT2D eigenvalue weighted by molar-refractivity contribution is 5.96. The maximum absolute atomic E-state index is 12.0. The van der Waals surface area contributed by atoms with Gasteiger partial charge in [0.2, 0.25) is 0 Å². The van der Waals surface area contributed by atoms with Crippen LogP contribution in [0.4, 0.5) is 5.69 Å². The molecular weight excluding hydrogens is 264 g/mol. The molecule has 0 radical (unpaired) electrons. The van der Waals surface area contributed by atoms with Crippen LogP contribution >= 0.6 is 0 Å². The lowest BCUT2D eigenvalue weighted by Crippen LogP contribution is -2.30. The van der Waals surface area contributed by atoms with Crippen molar-refractivity contribution in [1.29, 1.82) is 0 Å². The van der Waals surface area contributed by atoms with Gasteiger partial charge in [-0.05, 0) is 50.6 Å². The van der Waals surface area contributed by atoms with Gasteiger partial charge in [0, 0.05) is 30.5 Å². The molecule has 2 rings (SSSR count). The molecule has 0 bridgehead atoms. The van der Waals surface area contributed by atoms with Gasteiger partial charge in [-0.15, -0.1) is 0 Å². The van der Waals surface area contributed by atoms with E-state index in [1.807, 2.05) is 56.8 Å². The van der Waals surface area contributed by atoms with Gasteiger partial charge < -0.3 is 10.6 Å². The number of amides is 1. The third-order valence-electron chi connectivity index (χ3n) is 3.29. The van der Waals surface area contributed by atoms with Crippen molar-refractivity contribution >= 4 is 11.6 Å². The first-order chi connectivity index (χ1) is 9.97. The first-order valence-electron chi connectivity index (χ1n) is 7.09. The van der Waals surface area contributed by atoms with Crippen molar-refractivity contribution in [2.45, 2.75) is 33.4 Å². The second-order valence-electron chi connectivity index (χ2n) is 5.46. The van der Waals surface area contributed by atoms with E-state index in [4.69, 9.17) is 0 Å². The normalized spacial score (nSPS) is 10.7. The Morgan fingerprint density at radius 2 is 2.10 bits per heavy atom. The molecular formula is C16H22N4O. The summed E-state index contributed by atoms with van der Waals surface area (Å²) >= 11 is 0. The Labute approximate surface area is 125 Å². The Morgan fingerprint density at radius 1 is 1.33 bits per heavy atom. The molecule has 2 aromatic rings. The number of aromatic nitrogens is 2. The molecule has 5 heteroatoms. The average molecular weight is 286 g/mol. The van der Waals surface area contributed by atoms with E-state index in [0.29, 0.717) is 6.54 Å². The van der Waals surface area contributed by atoms with E-state index >= 15 is 0 Å². The zero-order valence-electron chi connectivity index (χ0n) is 13.0. The fraction of sp³-hybridized carbons (Fsp3) is 0.375. The number of nitrogens with one attached hydrogen (secondary N) is 2. The topological polar surface area (TPSA) is 59.0 Å². The highest BCUT2D eigenvalue weighted by Gasteiger charge is 2.10. The first kappa shape index (κ1) is 15.1. The summed E-state index contributed by atoms with van der Waals surface area (Å²) in [6.45, 7) is 6.56. The minimum absolute atomic E-state index is 0.0271. The van der Waals surface area contributed by atoms with Gasteiger partial charge >= 0.3 is 0 Å². The van der Waals surface area contributed by atoms with Gasteiger partial charge in [0.05, 0.1) is 12.2 Å². The average Bonchev–Trinajstić information content (AvgIpc) is 2.81. The van der Waals surface area contributed by atoms with E-state index in [-0.39, 0.29) is 11.9 Å². The summed E-state index contributed by atoms with van der Waals surface area (Å²) in [6.07, 6.45) is 1.78. The molecule has 0 aliphatic rings. The summed E-state index contributed by atoms with van der Waals surface area (Å²) in [5, 5.41) is 10.4. The summed E-state index contributed by atoms with van der Waals surface area (Å²) < 4.78 is 1.84. The highest BCUT2D eigenvalue weighted by Crippen LogP contribution is 2.16. The fourth-order valence-corrected chi connectivity index (χ4v) is 2.14. The van der Waals surface area contributed by atoms with Crippen molar-refractivity contribution in [2.24, 2.45) is 7.05 Å². The molecule has 0 unspecified atom stereocenters. The monoisotopic (exact) mass is 286 g/mol. The molecule has 0 spiro atoms. The van der Waals surface area contributed by atoms with Crippen LogP contribution in [0.15, 0.2) is 30.5 Å². The minimum Gasteiger partial charge on any atom is -0.379 e. The molecule has 1 amide bonds. The molecule has 0 aliphatic carbocycles. The van der Waals surface area contributed by atoms with E-state index < -0.39 is 0 Å². The largest absolute Gasteiger partial charge is 0.379 e. The predicted molar refractivity (Wildman–Crippen MR) is 84.3 cm³/mol. The van der Waals surface area contributed by atoms with E-state index in [1.54, 1.807) is 6.20 Å². The molecule has 5 nitrogen and oxygen atoms in total. The second-order valence-corrected chi connectivity index (χ2v) is 5.46. The third-order valence-corrected chi connectivity index (χ3v) is 3.29. The molecule has 2 N–H and O–H groups in total. The van der Waals surface area contributed by atoms with E-state index in [1.165, 1.54) is 0 Å². The van der Waals surface area contributed by atoms with Crippen LogP contribution in [0.25, 0.3) is 0 Å². The number of anilines is 1. The molecule has 1 heterocycles. The lowest BCUT2D eigenvalue weighted by molar-refractivity contribution is 0.0942. The van der Waals surface area contributed by atoms with E-state index in [2.05, 4.69) is 15.7 Å². The lowest BCUT2D eigenvalue weighted by atomic mass is 10.1. The quantitative estimate of drug-likeness (QED) is 0.887. The summed E-state index contributed by atoms with van der Waals surface area (Å²) in [5.41, 5.74) is 3.78. The van der Waals surface area contributed by atoms with Gasteiger partial charge in [-0.2, -0.15) is 5.10 Å². The van der Waals surface area contributed by atoms with Crippen LogP contribution in [0.1, 0.15) is 35.5 Å². The number of carbonyl (C=O) groups excluding carboxylic acids is 1. The summed E-state index contributed by atoms with van der Waals surface area (Å²) in [5.74, 6) is -0.0271. The van der Waals surface area contributed by atoms with Crippen LogP contribution < -0.4 is 10.6 Å². The van der Waals surface area contributed by atoms with Gasteiger partial charge in [0.25, 0.3) is 5.91 Å². The zero-order chi connectivity index (χ0) is 15.4. The zero-order valence-corrected chi connectivity index (χ0v) is 13.0. The van der Waals surface area contributed by atoms with Crippen LogP contribution in [0, 0.1) is 6.92 Å². The van der Waals surface area contributed by atoms with Crippen LogP contribution in [-0.2, 0) is 13.6 Å². The summed E-state index contributed by atoms with van der Waals surface area (Å²) in [4.78, 5) is 12.0. The molecule has 0 fully saturated rings. The SMILES string of the molecule is Cc1cc(NCc2ccnn2C)ccc1C(=O)NC(C)C. The van der Waals surface area contributed by atoms with Gasteiger partial charge in [-0.25, -0.2) is 0 Å². The maximum Gasteiger partial charge on any atom is 0.251 e. The Balaban J connectivity index is 2.05. The van der Waals surface area contributed by atoms with Crippen molar-refractivity contribution < 1.29 is 4.79 Å². The highest BCUT2D eigenvalue weighted by atomic mass is 16.1. The maximum atomic E-state index is 12.0. The van der Waals surface area contributed by atoms with Gasteiger partial charge in [0.1, 0.15) is 0 Å². The van der Waals surface area contributed by atoms with Crippen molar-refractivity contribution in [3.63, 3.8) is 0 Å². The molecule has 21 heavy (non-hydrogen) atoms. The summed E-state index contributed by atoms with van der Waals surface area (Å²) in [7, 11) is 1.92. The number of carbonyl (C=O) groups is 1. The van der Waals surface area contributed by atoms with Crippen LogP contribution in [0.2, 0.25) is 0 Å². The number of benzene rings is 1. The minimum atomic E-state index is -0.0271. The fourth-order valence-electron chi connectivity index (χ4n) is 2.14. The molecule has 0 aliphatic heterocycles. The van der Waals surface area contributed by atoms with Crippen LogP contribution in [0.3, 0.4) is 0 Å². The predicted octanol–water partition coefficient (Wildman–Crippen LogP) is 2.48. The smallest absolute Gasteiger partial charge is 0.251 e. The number of rotatable bonds is 5. The molecule has 1 aromatic heterocycles. The van der Waals surface area contributed by atoms with Crippen molar-refractivity contribution in [3.05, 3.63) is 47.3 Å². The van der Waals surface area contributed by atoms with Crippen molar-refractivity contribution in [2.75, 3.05) is 5.32 Å². The van der Waals surface area contributed by atoms with E-state index in [9.17, 15) is 4.79 Å². The third kappa shape index (κ3) is 3.84. The van der Waals surface area contributed by atoms with Gasteiger partial charge in [-0.1, -0.05) is 0 Å². The number of aryl methyl sites for hydroxylation is 2. The van der Waals surface area contributed by atoms with Crippen LogP contribution in [0.5, 0.6) is 0 Å². The summed E-state index contributed by atoms with van der Waals surface area (Å²) in [6, 6.07) is 7.90. The second kappa shape index (κ2) is 6.43. The van der Waals surface area contributed by atoms with Gasteiger partial charge in [-0.3, -0.25) is 9.48 Å². The Hall–Kier alpha value is -2.30. The van der Waals surface area contributed by atoms with Gasteiger partial charge in [0.15, 0.2) is 0 Å². The first-order valence-corrected chi connectivity index (χ1v) is 7.09.